The van der Waals surface area contributed by atoms with Crippen LogP contribution in [0.3, 0.4) is 0 Å². The van der Waals surface area contributed by atoms with Gasteiger partial charge in [-0.25, -0.2) is 4.99 Å². The Labute approximate surface area is 63.1 Å². The van der Waals surface area contributed by atoms with Gasteiger partial charge in [-0.05, 0) is 6.42 Å². The summed E-state index contributed by atoms with van der Waals surface area (Å²) in [5.74, 6) is 0.696. The van der Waals surface area contributed by atoms with Gasteiger partial charge in [0.05, 0.1) is 21.1 Å². The van der Waals surface area contributed by atoms with E-state index in [4.69, 9.17) is 5.73 Å². The minimum absolute atomic E-state index is 0.625. The lowest BCUT2D eigenvalue weighted by Gasteiger charge is -2.20. The van der Waals surface area contributed by atoms with E-state index in [9.17, 15) is 0 Å². The Balaban J connectivity index is 3.93. The number of hydrogen-bond acceptors (Lipinski definition) is 1. The standard InChI is InChI=1S/C7H18N3/c1-5-6-9-7(8)10(2,3)4/h5-6H2,1-4H3,(H2,8,9)/q+1. The van der Waals surface area contributed by atoms with Crippen LogP contribution in [0.4, 0.5) is 0 Å². The normalized spacial score (nSPS) is 13.8. The zero-order chi connectivity index (χ0) is 8.20. The molecular weight excluding hydrogens is 126 g/mol. The second-order valence-electron chi connectivity index (χ2n) is 3.25. The van der Waals surface area contributed by atoms with Crippen LogP contribution >= 0.6 is 0 Å². The van der Waals surface area contributed by atoms with E-state index in [1.54, 1.807) is 0 Å². The van der Waals surface area contributed by atoms with E-state index in [1.165, 1.54) is 0 Å². The zero-order valence-electron chi connectivity index (χ0n) is 7.39. The highest BCUT2D eigenvalue weighted by molar-refractivity contribution is 5.70. The smallest absolute Gasteiger partial charge is 0.294 e. The summed E-state index contributed by atoms with van der Waals surface area (Å²) in [4.78, 5) is 4.18. The first kappa shape index (κ1) is 9.43. The van der Waals surface area contributed by atoms with Crippen LogP contribution in [0.25, 0.3) is 0 Å². The summed E-state index contributed by atoms with van der Waals surface area (Å²) in [6, 6.07) is 0. The molecule has 10 heavy (non-hydrogen) atoms. The van der Waals surface area contributed by atoms with E-state index in [1.807, 2.05) is 21.1 Å². The molecule has 0 saturated carbocycles. The third-order valence-corrected chi connectivity index (χ3v) is 1.18. The molecular formula is C7H18N3+. The second-order valence-corrected chi connectivity index (χ2v) is 3.25. The number of nitrogens with zero attached hydrogens (tertiary/aromatic N) is 2. The van der Waals surface area contributed by atoms with E-state index in [-0.39, 0.29) is 0 Å². The predicted octanol–water partition coefficient (Wildman–Crippen LogP) is 0.417. The van der Waals surface area contributed by atoms with E-state index in [0.29, 0.717) is 10.4 Å². The minimum atomic E-state index is 0.625. The Hall–Kier alpha value is -0.570. The molecule has 0 bridgehead atoms. The number of aliphatic imine (C=N–C) groups is 1. The molecule has 0 spiro atoms. The first-order valence-corrected chi connectivity index (χ1v) is 3.60. The number of guanidine groups is 1. The topological polar surface area (TPSA) is 38.4 Å². The van der Waals surface area contributed by atoms with Crippen LogP contribution in [-0.2, 0) is 0 Å². The highest BCUT2D eigenvalue weighted by Gasteiger charge is 2.12. The van der Waals surface area contributed by atoms with Gasteiger partial charge in [0.1, 0.15) is 0 Å². The summed E-state index contributed by atoms with van der Waals surface area (Å²) in [6.07, 6.45) is 1.06. The largest absolute Gasteiger partial charge is 0.338 e. The number of nitrogens with two attached hydrogens (primary N) is 1. The van der Waals surface area contributed by atoms with Crippen molar-refractivity contribution in [1.82, 2.24) is 0 Å². The number of quaternary nitrogens is 1. The molecule has 3 nitrogen and oxygen atoms in total. The molecule has 2 N–H and O–H groups in total. The molecule has 0 radical (unpaired) electrons. The maximum Gasteiger partial charge on any atom is 0.294 e. The lowest BCUT2D eigenvalue weighted by atomic mass is 10.5. The van der Waals surface area contributed by atoms with Crippen molar-refractivity contribution >= 4 is 5.96 Å². The van der Waals surface area contributed by atoms with E-state index < -0.39 is 0 Å². The Morgan fingerprint density at radius 2 is 1.90 bits per heavy atom. The maximum absolute atomic E-state index is 5.66. The van der Waals surface area contributed by atoms with E-state index in [0.717, 1.165) is 13.0 Å². The molecule has 0 aromatic carbocycles. The lowest BCUT2D eigenvalue weighted by molar-refractivity contribution is -0.778. The number of rotatable bonds is 2. The third-order valence-electron chi connectivity index (χ3n) is 1.18. The SMILES string of the molecule is CCCN=C(N)[N+](C)(C)C. The molecule has 0 rings (SSSR count). The molecule has 0 fully saturated rings. The molecule has 0 amide bonds. The van der Waals surface area contributed by atoms with Crippen LogP contribution in [0, 0.1) is 0 Å². The molecule has 0 atom stereocenters. The molecule has 0 aliphatic heterocycles. The summed E-state index contributed by atoms with van der Waals surface area (Å²) in [5, 5.41) is 0. The van der Waals surface area contributed by atoms with Crippen molar-refractivity contribution < 1.29 is 4.48 Å². The zero-order valence-corrected chi connectivity index (χ0v) is 7.39. The van der Waals surface area contributed by atoms with Gasteiger partial charge in [-0.15, -0.1) is 0 Å². The molecule has 3 heteroatoms. The Morgan fingerprint density at radius 1 is 1.40 bits per heavy atom. The molecule has 0 aliphatic rings. The molecule has 0 unspecified atom stereocenters. The van der Waals surface area contributed by atoms with Gasteiger partial charge < -0.3 is 5.73 Å². The van der Waals surface area contributed by atoms with Crippen LogP contribution in [0.15, 0.2) is 4.99 Å². The van der Waals surface area contributed by atoms with Crippen LogP contribution in [0.5, 0.6) is 0 Å². The molecule has 0 aromatic rings. The van der Waals surface area contributed by atoms with Crippen molar-refractivity contribution in [3.05, 3.63) is 0 Å². The Kier molecular flexibility index (Phi) is 3.36. The van der Waals surface area contributed by atoms with Crippen molar-refractivity contribution in [3.8, 4) is 0 Å². The third kappa shape index (κ3) is 3.45. The van der Waals surface area contributed by atoms with Gasteiger partial charge in [-0.1, -0.05) is 6.92 Å². The fourth-order valence-corrected chi connectivity index (χ4v) is 0.438. The van der Waals surface area contributed by atoms with Crippen molar-refractivity contribution in [1.29, 1.82) is 0 Å². The second kappa shape index (κ2) is 3.56. The van der Waals surface area contributed by atoms with Crippen molar-refractivity contribution in [2.24, 2.45) is 10.7 Å². The van der Waals surface area contributed by atoms with E-state index >= 15 is 0 Å². The van der Waals surface area contributed by atoms with Gasteiger partial charge in [-0.2, -0.15) is 0 Å². The highest BCUT2D eigenvalue weighted by Crippen LogP contribution is 1.89. The number of hydrogen-bond donors (Lipinski definition) is 1. The average molecular weight is 144 g/mol. The molecule has 60 valence electrons. The molecule has 0 saturated heterocycles. The van der Waals surface area contributed by atoms with Gasteiger partial charge in [0.15, 0.2) is 0 Å². The highest BCUT2D eigenvalue weighted by atomic mass is 15.4. The van der Waals surface area contributed by atoms with E-state index in [2.05, 4.69) is 11.9 Å². The summed E-state index contributed by atoms with van der Waals surface area (Å²) in [6.45, 7) is 2.92. The fraction of sp³-hybridized carbons (Fsp3) is 0.857. The molecule has 0 heterocycles. The lowest BCUT2D eigenvalue weighted by Crippen LogP contribution is -2.46. The van der Waals surface area contributed by atoms with Gasteiger partial charge in [-0.3, -0.25) is 4.48 Å². The summed E-state index contributed by atoms with van der Waals surface area (Å²) >= 11 is 0. The van der Waals surface area contributed by atoms with Gasteiger partial charge in [0, 0.05) is 6.54 Å². The molecule has 0 aromatic heterocycles. The Bertz CT molecular complexity index is 121. The first-order valence-electron chi connectivity index (χ1n) is 3.60. The van der Waals surface area contributed by atoms with Crippen molar-refractivity contribution in [2.75, 3.05) is 27.7 Å². The van der Waals surface area contributed by atoms with Crippen LogP contribution < -0.4 is 5.73 Å². The van der Waals surface area contributed by atoms with Crippen LogP contribution in [0.2, 0.25) is 0 Å². The van der Waals surface area contributed by atoms with Crippen molar-refractivity contribution in [2.45, 2.75) is 13.3 Å². The summed E-state index contributed by atoms with van der Waals surface area (Å²) < 4.78 is 0.625. The van der Waals surface area contributed by atoms with Gasteiger partial charge in [0.25, 0.3) is 5.96 Å². The molecule has 0 aliphatic carbocycles. The van der Waals surface area contributed by atoms with Gasteiger partial charge >= 0.3 is 0 Å². The summed E-state index contributed by atoms with van der Waals surface area (Å²) in [5.41, 5.74) is 5.66. The minimum Gasteiger partial charge on any atom is -0.338 e. The van der Waals surface area contributed by atoms with Gasteiger partial charge in [0.2, 0.25) is 0 Å². The van der Waals surface area contributed by atoms with Crippen LogP contribution in [-0.4, -0.2) is 38.1 Å². The quantitative estimate of drug-likeness (QED) is 0.340. The maximum atomic E-state index is 5.66. The van der Waals surface area contributed by atoms with Crippen LogP contribution in [0.1, 0.15) is 13.3 Å². The average Bonchev–Trinajstić information content (AvgIpc) is 1.80. The first-order chi connectivity index (χ1) is 4.48. The summed E-state index contributed by atoms with van der Waals surface area (Å²) in [7, 11) is 6.03. The fourth-order valence-electron chi connectivity index (χ4n) is 0.438. The monoisotopic (exact) mass is 144 g/mol. The Morgan fingerprint density at radius 3 is 2.20 bits per heavy atom. The predicted molar refractivity (Wildman–Crippen MR) is 44.8 cm³/mol. The van der Waals surface area contributed by atoms with Crippen molar-refractivity contribution in [3.63, 3.8) is 0 Å².